The van der Waals surface area contributed by atoms with E-state index in [0.29, 0.717) is 22.4 Å². The van der Waals surface area contributed by atoms with Crippen LogP contribution in [0, 0.1) is 11.7 Å². The van der Waals surface area contributed by atoms with E-state index in [1.54, 1.807) is 36.4 Å². The molecule has 1 amide bonds. The van der Waals surface area contributed by atoms with Crippen LogP contribution < -0.4 is 5.32 Å². The molecule has 1 aromatic heterocycles. The SMILES string of the molecule is CC(C)C(=O)Nc1ccc2oc(-c3ccccc3F)nc2c1. The lowest BCUT2D eigenvalue weighted by atomic mass is 10.2. The lowest BCUT2D eigenvalue weighted by Crippen LogP contribution is -2.17. The van der Waals surface area contributed by atoms with Crippen molar-refractivity contribution in [3.63, 3.8) is 0 Å². The molecule has 0 fully saturated rings. The zero-order valence-corrected chi connectivity index (χ0v) is 12.3. The van der Waals surface area contributed by atoms with Gasteiger partial charge in [-0.2, -0.15) is 0 Å². The Hall–Kier alpha value is -2.69. The van der Waals surface area contributed by atoms with Gasteiger partial charge in [-0.1, -0.05) is 26.0 Å². The maximum absolute atomic E-state index is 13.8. The number of fused-ring (bicyclic) bond motifs is 1. The summed E-state index contributed by atoms with van der Waals surface area (Å²) in [5.74, 6) is -0.345. The first-order chi connectivity index (χ1) is 10.5. The summed E-state index contributed by atoms with van der Waals surface area (Å²) in [5.41, 5.74) is 2.06. The largest absolute Gasteiger partial charge is 0.436 e. The molecule has 0 atom stereocenters. The molecule has 0 aliphatic rings. The van der Waals surface area contributed by atoms with E-state index < -0.39 is 0 Å². The van der Waals surface area contributed by atoms with Gasteiger partial charge < -0.3 is 9.73 Å². The number of oxazole rings is 1. The van der Waals surface area contributed by atoms with Crippen molar-refractivity contribution in [2.24, 2.45) is 5.92 Å². The monoisotopic (exact) mass is 298 g/mol. The zero-order chi connectivity index (χ0) is 15.7. The highest BCUT2D eigenvalue weighted by Gasteiger charge is 2.13. The van der Waals surface area contributed by atoms with E-state index in [2.05, 4.69) is 10.3 Å². The van der Waals surface area contributed by atoms with Crippen LogP contribution in [0.15, 0.2) is 46.9 Å². The van der Waals surface area contributed by atoms with Crippen LogP contribution in [0.5, 0.6) is 0 Å². The van der Waals surface area contributed by atoms with Gasteiger partial charge >= 0.3 is 0 Å². The minimum atomic E-state index is -0.387. The van der Waals surface area contributed by atoms with E-state index in [4.69, 9.17) is 4.42 Å². The van der Waals surface area contributed by atoms with Gasteiger partial charge in [-0.15, -0.1) is 0 Å². The number of nitrogens with one attached hydrogen (secondary N) is 1. The summed E-state index contributed by atoms with van der Waals surface area (Å²) in [5, 5.41) is 2.80. The number of benzene rings is 2. The van der Waals surface area contributed by atoms with Gasteiger partial charge in [0.1, 0.15) is 11.3 Å². The third kappa shape index (κ3) is 2.70. The van der Waals surface area contributed by atoms with Crippen molar-refractivity contribution in [2.45, 2.75) is 13.8 Å². The van der Waals surface area contributed by atoms with Gasteiger partial charge in [0.25, 0.3) is 0 Å². The molecule has 2 aromatic carbocycles. The Morgan fingerprint density at radius 3 is 2.73 bits per heavy atom. The predicted octanol–water partition coefficient (Wildman–Crippen LogP) is 4.23. The van der Waals surface area contributed by atoms with Gasteiger partial charge in [-0.05, 0) is 30.3 Å². The van der Waals surface area contributed by atoms with Crippen molar-refractivity contribution in [2.75, 3.05) is 5.32 Å². The van der Waals surface area contributed by atoms with E-state index in [0.717, 1.165) is 0 Å². The predicted molar refractivity (Wildman–Crippen MR) is 82.9 cm³/mol. The molecule has 1 heterocycles. The van der Waals surface area contributed by atoms with Crippen molar-refractivity contribution in [1.29, 1.82) is 0 Å². The molecule has 3 rings (SSSR count). The summed E-state index contributed by atoms with van der Waals surface area (Å²) in [6, 6.07) is 11.5. The number of aromatic nitrogens is 1. The number of carbonyl (C=O) groups excluding carboxylic acids is 1. The molecule has 0 bridgehead atoms. The van der Waals surface area contributed by atoms with Crippen LogP contribution in [0.4, 0.5) is 10.1 Å². The standard InChI is InChI=1S/C17H15FN2O2/c1-10(2)16(21)19-11-7-8-15-14(9-11)20-17(22-15)12-5-3-4-6-13(12)18/h3-10H,1-2H3,(H,19,21). The lowest BCUT2D eigenvalue weighted by Gasteiger charge is -2.06. The van der Waals surface area contributed by atoms with E-state index >= 15 is 0 Å². The summed E-state index contributed by atoms with van der Waals surface area (Å²) >= 11 is 0. The van der Waals surface area contributed by atoms with Crippen LogP contribution in [0.3, 0.4) is 0 Å². The maximum atomic E-state index is 13.8. The van der Waals surface area contributed by atoms with Gasteiger partial charge in [0.15, 0.2) is 5.58 Å². The highest BCUT2D eigenvalue weighted by atomic mass is 19.1. The van der Waals surface area contributed by atoms with Crippen LogP contribution >= 0.6 is 0 Å². The second-order valence-electron chi connectivity index (χ2n) is 5.33. The average Bonchev–Trinajstić information content (AvgIpc) is 2.90. The smallest absolute Gasteiger partial charge is 0.230 e. The summed E-state index contributed by atoms with van der Waals surface area (Å²) < 4.78 is 19.4. The number of anilines is 1. The van der Waals surface area contributed by atoms with Crippen molar-refractivity contribution >= 4 is 22.7 Å². The van der Waals surface area contributed by atoms with Gasteiger partial charge in [-0.3, -0.25) is 4.79 Å². The minimum absolute atomic E-state index is 0.0721. The van der Waals surface area contributed by atoms with Gasteiger partial charge in [-0.25, -0.2) is 9.37 Å². The Kier molecular flexibility index (Phi) is 3.63. The molecular formula is C17H15FN2O2. The first-order valence-corrected chi connectivity index (χ1v) is 7.01. The molecule has 0 saturated heterocycles. The summed E-state index contributed by atoms with van der Waals surface area (Å²) in [6.07, 6.45) is 0. The van der Waals surface area contributed by atoms with Crippen molar-refractivity contribution in [3.05, 3.63) is 48.3 Å². The number of nitrogens with zero attached hydrogens (tertiary/aromatic N) is 1. The van der Waals surface area contributed by atoms with Crippen LogP contribution in [0.25, 0.3) is 22.6 Å². The van der Waals surface area contributed by atoms with E-state index in [9.17, 15) is 9.18 Å². The third-order valence-corrected chi connectivity index (χ3v) is 3.28. The van der Waals surface area contributed by atoms with E-state index in [-0.39, 0.29) is 23.5 Å². The van der Waals surface area contributed by atoms with Crippen molar-refractivity contribution < 1.29 is 13.6 Å². The first kappa shape index (κ1) is 14.3. The number of carbonyl (C=O) groups is 1. The summed E-state index contributed by atoms with van der Waals surface area (Å²) in [6.45, 7) is 3.64. The van der Waals surface area contributed by atoms with Crippen LogP contribution in [-0.4, -0.2) is 10.9 Å². The molecule has 1 N–H and O–H groups in total. The van der Waals surface area contributed by atoms with Crippen LogP contribution in [0.2, 0.25) is 0 Å². The molecule has 0 radical (unpaired) electrons. The lowest BCUT2D eigenvalue weighted by molar-refractivity contribution is -0.118. The Morgan fingerprint density at radius 2 is 2.00 bits per heavy atom. The Morgan fingerprint density at radius 1 is 1.23 bits per heavy atom. The van der Waals surface area contributed by atoms with Crippen LogP contribution in [-0.2, 0) is 4.79 Å². The molecule has 5 heteroatoms. The quantitative estimate of drug-likeness (QED) is 0.787. The van der Waals surface area contributed by atoms with Crippen molar-refractivity contribution in [1.82, 2.24) is 4.98 Å². The fourth-order valence-electron chi connectivity index (χ4n) is 2.04. The van der Waals surface area contributed by atoms with E-state index in [1.807, 2.05) is 13.8 Å². The fraction of sp³-hybridized carbons (Fsp3) is 0.176. The minimum Gasteiger partial charge on any atom is -0.436 e. The second-order valence-corrected chi connectivity index (χ2v) is 5.33. The molecule has 112 valence electrons. The fourth-order valence-corrected chi connectivity index (χ4v) is 2.04. The normalized spacial score (nSPS) is 11.1. The maximum Gasteiger partial charge on any atom is 0.230 e. The number of hydrogen-bond donors (Lipinski definition) is 1. The number of hydrogen-bond acceptors (Lipinski definition) is 3. The van der Waals surface area contributed by atoms with Gasteiger partial charge in [0.2, 0.25) is 11.8 Å². The molecule has 4 nitrogen and oxygen atoms in total. The number of rotatable bonds is 3. The second kappa shape index (κ2) is 5.60. The zero-order valence-electron chi connectivity index (χ0n) is 12.3. The topological polar surface area (TPSA) is 55.1 Å². The highest BCUT2D eigenvalue weighted by Crippen LogP contribution is 2.27. The molecule has 3 aromatic rings. The summed E-state index contributed by atoms with van der Waals surface area (Å²) in [4.78, 5) is 16.0. The Balaban J connectivity index is 1.97. The molecule has 0 aliphatic heterocycles. The van der Waals surface area contributed by atoms with Gasteiger partial charge in [0.05, 0.1) is 5.56 Å². The van der Waals surface area contributed by atoms with E-state index in [1.165, 1.54) is 6.07 Å². The number of amides is 1. The van der Waals surface area contributed by atoms with Crippen LogP contribution in [0.1, 0.15) is 13.8 Å². The van der Waals surface area contributed by atoms with Gasteiger partial charge in [0, 0.05) is 11.6 Å². The Bertz CT molecular complexity index is 840. The average molecular weight is 298 g/mol. The highest BCUT2D eigenvalue weighted by molar-refractivity contribution is 5.94. The first-order valence-electron chi connectivity index (χ1n) is 7.01. The molecule has 0 unspecified atom stereocenters. The molecule has 0 saturated carbocycles. The number of halogens is 1. The third-order valence-electron chi connectivity index (χ3n) is 3.28. The Labute approximate surface area is 127 Å². The molecule has 0 aliphatic carbocycles. The molecule has 0 spiro atoms. The molecule has 22 heavy (non-hydrogen) atoms. The van der Waals surface area contributed by atoms with Crippen molar-refractivity contribution in [3.8, 4) is 11.5 Å². The molecular weight excluding hydrogens is 283 g/mol. The summed E-state index contributed by atoms with van der Waals surface area (Å²) in [7, 11) is 0.